The van der Waals surface area contributed by atoms with Crippen molar-refractivity contribution in [3.05, 3.63) is 40.8 Å². The predicted molar refractivity (Wildman–Crippen MR) is 118 cm³/mol. The molecule has 9 nitrogen and oxygen atoms in total. The molecule has 34 heavy (non-hydrogen) atoms. The van der Waals surface area contributed by atoms with E-state index in [0.717, 1.165) is 0 Å². The maximum atomic E-state index is 14.0. The molecule has 12 heteroatoms. The molecule has 178 valence electrons. The van der Waals surface area contributed by atoms with Crippen molar-refractivity contribution < 1.29 is 17.9 Å². The van der Waals surface area contributed by atoms with Gasteiger partial charge in [-0.25, -0.2) is 22.9 Å². The Morgan fingerprint density at radius 2 is 1.88 bits per heavy atom. The molecule has 2 saturated heterocycles. The van der Waals surface area contributed by atoms with E-state index in [-0.39, 0.29) is 43.6 Å². The molecule has 0 bridgehead atoms. The molecule has 2 fully saturated rings. The third-order valence-electron chi connectivity index (χ3n) is 6.61. The number of benzene rings is 1. The molecule has 3 aromatic heterocycles. The number of fused-ring (bicyclic) bond motifs is 2. The van der Waals surface area contributed by atoms with E-state index in [4.69, 9.17) is 4.74 Å². The van der Waals surface area contributed by atoms with Crippen LogP contribution in [0.25, 0.3) is 28.1 Å². The molecule has 1 aromatic carbocycles. The molecule has 1 N–H and O–H groups in total. The van der Waals surface area contributed by atoms with Crippen LogP contribution in [0.5, 0.6) is 0 Å². The number of ether oxygens (including phenoxy) is 1. The lowest BCUT2D eigenvalue weighted by atomic mass is 10.1. The molecule has 2 aliphatic heterocycles. The highest BCUT2D eigenvalue weighted by molar-refractivity contribution is 5.85. The Morgan fingerprint density at radius 3 is 2.65 bits per heavy atom. The first-order valence-corrected chi connectivity index (χ1v) is 11.3. The second-order valence-electron chi connectivity index (χ2n) is 8.78. The number of aromatic amines is 1. The molecule has 0 aliphatic carbocycles. The van der Waals surface area contributed by atoms with Gasteiger partial charge in [-0.1, -0.05) is 0 Å². The van der Waals surface area contributed by atoms with Crippen molar-refractivity contribution in [1.29, 1.82) is 0 Å². The van der Waals surface area contributed by atoms with Crippen LogP contribution in [-0.4, -0.2) is 61.3 Å². The number of aromatic nitrogens is 6. The highest BCUT2D eigenvalue weighted by atomic mass is 19.3. The number of halogens is 3. The summed E-state index contributed by atoms with van der Waals surface area (Å²) in [6.07, 6.45) is 2.17. The van der Waals surface area contributed by atoms with Gasteiger partial charge in [0, 0.05) is 51.3 Å². The fraction of sp³-hybridized carbons (Fsp3) is 0.455. The van der Waals surface area contributed by atoms with Crippen LogP contribution >= 0.6 is 0 Å². The van der Waals surface area contributed by atoms with Gasteiger partial charge in [-0.3, -0.25) is 9.13 Å². The molecule has 0 amide bonds. The monoisotopic (exact) mass is 473 g/mol. The van der Waals surface area contributed by atoms with Crippen LogP contribution in [0.15, 0.2) is 29.3 Å². The summed E-state index contributed by atoms with van der Waals surface area (Å²) in [5.41, 5.74) is 1.47. The minimum atomic E-state index is -2.73. The van der Waals surface area contributed by atoms with E-state index in [1.54, 1.807) is 20.1 Å². The second-order valence-corrected chi connectivity index (χ2v) is 8.78. The van der Waals surface area contributed by atoms with Crippen molar-refractivity contribution in [2.24, 2.45) is 0 Å². The van der Waals surface area contributed by atoms with Gasteiger partial charge in [0.1, 0.15) is 17.7 Å². The molecule has 0 radical (unpaired) electrons. The lowest BCUT2D eigenvalue weighted by molar-refractivity contribution is -0.0221. The number of hydrogen-bond acceptors (Lipinski definition) is 6. The minimum Gasteiger partial charge on any atom is -0.381 e. The summed E-state index contributed by atoms with van der Waals surface area (Å²) >= 11 is 0. The molecule has 4 aromatic rings. The Kier molecular flexibility index (Phi) is 4.87. The Morgan fingerprint density at radius 1 is 1.12 bits per heavy atom. The number of nitrogens with zero attached hydrogens (tertiary/aromatic N) is 6. The van der Waals surface area contributed by atoms with E-state index in [2.05, 4.69) is 19.9 Å². The molecule has 0 unspecified atom stereocenters. The zero-order chi connectivity index (χ0) is 23.4. The minimum absolute atomic E-state index is 0.0857. The standard InChI is InChI=1S/C22H22F3N7O2/c23-13-1-2-15-16(11-13)31(12-26-15)20-28-18(30-7-5-22(24,25)6-8-30)17-19(29-20)32(21(33)27-17)14-3-9-34-10-4-14/h1-2,11-12,14H,3-10H2,(H,27,33). The zero-order valence-electron chi connectivity index (χ0n) is 18.2. The summed E-state index contributed by atoms with van der Waals surface area (Å²) in [5.74, 6) is -2.61. The molecule has 2 aliphatic rings. The highest BCUT2D eigenvalue weighted by Gasteiger charge is 2.36. The number of hydrogen-bond donors (Lipinski definition) is 1. The van der Waals surface area contributed by atoms with Gasteiger partial charge in [0.2, 0.25) is 5.95 Å². The molecular weight excluding hydrogens is 451 g/mol. The van der Waals surface area contributed by atoms with Crippen LogP contribution in [-0.2, 0) is 4.74 Å². The van der Waals surface area contributed by atoms with Crippen LogP contribution in [0.1, 0.15) is 31.7 Å². The highest BCUT2D eigenvalue weighted by Crippen LogP contribution is 2.33. The maximum absolute atomic E-state index is 14.0. The zero-order valence-corrected chi connectivity index (χ0v) is 18.2. The maximum Gasteiger partial charge on any atom is 0.328 e. The normalized spacial score (nSPS) is 19.3. The summed E-state index contributed by atoms with van der Waals surface area (Å²) in [5, 5.41) is 0. The number of piperidine rings is 1. The van der Waals surface area contributed by atoms with Gasteiger partial charge in [-0.2, -0.15) is 9.97 Å². The van der Waals surface area contributed by atoms with Crippen LogP contribution in [0.4, 0.5) is 19.0 Å². The van der Waals surface area contributed by atoms with Gasteiger partial charge < -0.3 is 14.6 Å². The van der Waals surface area contributed by atoms with Crippen molar-refractivity contribution in [3.8, 4) is 5.95 Å². The van der Waals surface area contributed by atoms with Gasteiger partial charge >= 0.3 is 5.69 Å². The Balaban J connectivity index is 1.56. The van der Waals surface area contributed by atoms with Gasteiger partial charge in [-0.05, 0) is 25.0 Å². The van der Waals surface area contributed by atoms with Crippen LogP contribution in [0.2, 0.25) is 0 Å². The number of alkyl halides is 2. The quantitative estimate of drug-likeness (QED) is 0.491. The first kappa shape index (κ1) is 21.1. The summed E-state index contributed by atoms with van der Waals surface area (Å²) in [6, 6.07) is 4.09. The Hall–Kier alpha value is -3.41. The summed E-state index contributed by atoms with van der Waals surface area (Å²) in [4.78, 5) is 31.3. The average molecular weight is 473 g/mol. The van der Waals surface area contributed by atoms with Crippen LogP contribution in [0.3, 0.4) is 0 Å². The largest absolute Gasteiger partial charge is 0.381 e. The second kappa shape index (κ2) is 7.83. The van der Waals surface area contributed by atoms with Crippen molar-refractivity contribution in [1.82, 2.24) is 29.1 Å². The van der Waals surface area contributed by atoms with E-state index in [1.165, 1.54) is 18.5 Å². The van der Waals surface area contributed by atoms with Crippen molar-refractivity contribution in [2.45, 2.75) is 37.6 Å². The average Bonchev–Trinajstić information content (AvgIpc) is 3.39. The van der Waals surface area contributed by atoms with Gasteiger partial charge in [0.15, 0.2) is 11.5 Å². The van der Waals surface area contributed by atoms with E-state index in [1.807, 2.05) is 0 Å². The molecule has 0 spiro atoms. The first-order valence-electron chi connectivity index (χ1n) is 11.3. The Labute approximate surface area is 191 Å². The predicted octanol–water partition coefficient (Wildman–Crippen LogP) is 3.18. The molecule has 0 atom stereocenters. The number of rotatable bonds is 3. The van der Waals surface area contributed by atoms with E-state index in [9.17, 15) is 18.0 Å². The van der Waals surface area contributed by atoms with Gasteiger partial charge in [0.25, 0.3) is 5.92 Å². The lowest BCUT2D eigenvalue weighted by Crippen LogP contribution is -2.40. The van der Waals surface area contributed by atoms with Crippen molar-refractivity contribution in [2.75, 3.05) is 31.2 Å². The first-order chi connectivity index (χ1) is 16.4. The third kappa shape index (κ3) is 3.52. The van der Waals surface area contributed by atoms with Crippen LogP contribution < -0.4 is 10.6 Å². The fourth-order valence-corrected chi connectivity index (χ4v) is 4.78. The van der Waals surface area contributed by atoms with Gasteiger partial charge in [-0.15, -0.1) is 0 Å². The van der Waals surface area contributed by atoms with Gasteiger partial charge in [0.05, 0.1) is 11.0 Å². The molecule has 6 rings (SSSR count). The van der Waals surface area contributed by atoms with Crippen molar-refractivity contribution >= 4 is 28.0 Å². The molecule has 5 heterocycles. The number of anilines is 1. The number of H-pyrrole nitrogens is 1. The summed E-state index contributed by atoms with van der Waals surface area (Å²) in [6.45, 7) is 1.23. The lowest BCUT2D eigenvalue weighted by Gasteiger charge is -2.32. The smallest absolute Gasteiger partial charge is 0.328 e. The summed E-state index contributed by atoms with van der Waals surface area (Å²) in [7, 11) is 0. The van der Waals surface area contributed by atoms with Crippen LogP contribution in [0, 0.1) is 5.82 Å². The van der Waals surface area contributed by atoms with E-state index in [0.29, 0.717) is 54.1 Å². The Bertz CT molecular complexity index is 1430. The van der Waals surface area contributed by atoms with E-state index < -0.39 is 11.7 Å². The SMILES string of the molecule is O=c1[nH]c2c(N3CCC(F)(F)CC3)nc(-n3cnc4ccc(F)cc43)nc2n1C1CCOCC1. The topological polar surface area (TPSA) is 93.9 Å². The number of nitrogens with one attached hydrogen (secondary N) is 1. The molecular formula is C22H22F3N7O2. The molecule has 0 saturated carbocycles. The number of imidazole rings is 2. The van der Waals surface area contributed by atoms with E-state index >= 15 is 0 Å². The summed E-state index contributed by atoms with van der Waals surface area (Å²) < 4.78 is 50.3. The third-order valence-corrected chi connectivity index (χ3v) is 6.61. The fourth-order valence-electron chi connectivity index (χ4n) is 4.78. The van der Waals surface area contributed by atoms with Crippen molar-refractivity contribution in [3.63, 3.8) is 0 Å².